The zero-order chi connectivity index (χ0) is 26.6. The number of nitrogens with zero attached hydrogens (tertiary/aromatic N) is 3. The molecule has 0 amide bonds. The van der Waals surface area contributed by atoms with Gasteiger partial charge in [0, 0.05) is 73.0 Å². The van der Waals surface area contributed by atoms with Crippen LogP contribution in [0.3, 0.4) is 0 Å². The average Bonchev–Trinajstić information content (AvgIpc) is 3.24. The van der Waals surface area contributed by atoms with E-state index in [1.54, 1.807) is 0 Å². The summed E-state index contributed by atoms with van der Waals surface area (Å²) < 4.78 is 6.41. The fourth-order valence-corrected chi connectivity index (χ4v) is 5.63. The van der Waals surface area contributed by atoms with Crippen LogP contribution in [0.1, 0.15) is 68.6 Å². The Morgan fingerprint density at radius 3 is 1.35 bits per heavy atom. The summed E-state index contributed by atoms with van der Waals surface area (Å²) in [5, 5.41) is 0. The SMILES string of the molecule is CCN(CC)c1ccc(C2(c3ccc(N(CC)CC)cc3)OC(=O)c3cc(N(CC)CC)ccc32)cc1. The number of fused-ring (bicyclic) bond motifs is 1. The van der Waals surface area contributed by atoms with Crippen LogP contribution in [-0.2, 0) is 10.3 Å². The Hall–Kier alpha value is -3.47. The molecule has 0 saturated heterocycles. The van der Waals surface area contributed by atoms with Gasteiger partial charge in [0.2, 0.25) is 0 Å². The van der Waals surface area contributed by atoms with Crippen LogP contribution in [0.25, 0.3) is 0 Å². The maximum absolute atomic E-state index is 13.5. The first-order valence-corrected chi connectivity index (χ1v) is 13.8. The van der Waals surface area contributed by atoms with Gasteiger partial charge in [0.25, 0.3) is 0 Å². The minimum absolute atomic E-state index is 0.273. The second-order valence-corrected chi connectivity index (χ2v) is 9.41. The lowest BCUT2D eigenvalue weighted by atomic mass is 9.79. The average molecular weight is 500 g/mol. The van der Waals surface area contributed by atoms with Crippen molar-refractivity contribution in [3.05, 3.63) is 89.0 Å². The molecule has 1 heterocycles. The van der Waals surface area contributed by atoms with Gasteiger partial charge in [0.15, 0.2) is 5.60 Å². The Labute approximate surface area is 222 Å². The number of cyclic esters (lactones) is 1. The Balaban J connectivity index is 1.89. The molecule has 5 heteroatoms. The van der Waals surface area contributed by atoms with E-state index in [9.17, 15) is 4.79 Å². The lowest BCUT2D eigenvalue weighted by Crippen LogP contribution is -2.30. The summed E-state index contributed by atoms with van der Waals surface area (Å²) in [7, 11) is 0. The number of carbonyl (C=O) groups is 1. The minimum atomic E-state index is -0.988. The number of ether oxygens (including phenoxy) is 1. The summed E-state index contributed by atoms with van der Waals surface area (Å²) in [4.78, 5) is 20.4. The van der Waals surface area contributed by atoms with E-state index in [1.165, 1.54) is 11.4 Å². The highest BCUT2D eigenvalue weighted by Gasteiger charge is 2.48. The predicted molar refractivity (Wildman–Crippen MR) is 155 cm³/mol. The molecule has 0 atom stereocenters. The summed E-state index contributed by atoms with van der Waals surface area (Å²) in [6.07, 6.45) is 0. The third kappa shape index (κ3) is 4.68. The molecule has 0 saturated carbocycles. The summed E-state index contributed by atoms with van der Waals surface area (Å²) in [5.41, 5.74) is 5.86. The van der Waals surface area contributed by atoms with Gasteiger partial charge in [0.1, 0.15) is 0 Å². The van der Waals surface area contributed by atoms with Gasteiger partial charge in [-0.3, -0.25) is 0 Å². The predicted octanol–water partition coefficient (Wildman–Crippen LogP) is 6.69. The molecule has 37 heavy (non-hydrogen) atoms. The summed E-state index contributed by atoms with van der Waals surface area (Å²) in [5.74, 6) is -0.273. The van der Waals surface area contributed by atoms with Crippen LogP contribution in [0, 0.1) is 0 Å². The normalized spacial score (nSPS) is 13.7. The van der Waals surface area contributed by atoms with Gasteiger partial charge < -0.3 is 19.4 Å². The molecule has 0 bridgehead atoms. The quantitative estimate of drug-likeness (QED) is 0.275. The Morgan fingerprint density at radius 1 is 0.568 bits per heavy atom. The molecule has 0 unspecified atom stereocenters. The van der Waals surface area contributed by atoms with Crippen LogP contribution in [0.5, 0.6) is 0 Å². The van der Waals surface area contributed by atoms with Gasteiger partial charge in [-0.15, -0.1) is 0 Å². The third-order valence-electron chi connectivity index (χ3n) is 7.78. The third-order valence-corrected chi connectivity index (χ3v) is 7.78. The van der Waals surface area contributed by atoms with Crippen molar-refractivity contribution in [1.29, 1.82) is 0 Å². The van der Waals surface area contributed by atoms with Crippen LogP contribution in [0.15, 0.2) is 66.7 Å². The second-order valence-electron chi connectivity index (χ2n) is 9.41. The van der Waals surface area contributed by atoms with Crippen LogP contribution >= 0.6 is 0 Å². The van der Waals surface area contributed by atoms with E-state index in [0.29, 0.717) is 5.56 Å². The summed E-state index contributed by atoms with van der Waals surface area (Å²) in [6.45, 7) is 18.5. The van der Waals surface area contributed by atoms with E-state index in [0.717, 1.165) is 61.6 Å². The van der Waals surface area contributed by atoms with Gasteiger partial charge in [-0.1, -0.05) is 30.3 Å². The molecule has 3 aromatic rings. The molecule has 1 aliphatic rings. The zero-order valence-corrected chi connectivity index (χ0v) is 23.3. The van der Waals surface area contributed by atoms with Crippen LogP contribution in [0.4, 0.5) is 17.1 Å². The van der Waals surface area contributed by atoms with Crippen LogP contribution < -0.4 is 14.7 Å². The Bertz CT molecular complexity index is 1140. The smallest absolute Gasteiger partial charge is 0.340 e. The van der Waals surface area contributed by atoms with Crippen LogP contribution in [-0.4, -0.2) is 45.2 Å². The fraction of sp³-hybridized carbons (Fsp3) is 0.406. The first kappa shape index (κ1) is 26.6. The van der Waals surface area contributed by atoms with E-state index < -0.39 is 5.60 Å². The number of rotatable bonds is 11. The van der Waals surface area contributed by atoms with Crippen molar-refractivity contribution < 1.29 is 9.53 Å². The van der Waals surface area contributed by atoms with Gasteiger partial charge in [0.05, 0.1) is 5.56 Å². The van der Waals surface area contributed by atoms with E-state index >= 15 is 0 Å². The van der Waals surface area contributed by atoms with Crippen molar-refractivity contribution >= 4 is 23.0 Å². The van der Waals surface area contributed by atoms with Gasteiger partial charge >= 0.3 is 5.97 Å². The maximum atomic E-state index is 13.5. The van der Waals surface area contributed by atoms with Crippen molar-refractivity contribution in [3.63, 3.8) is 0 Å². The van der Waals surface area contributed by atoms with Crippen molar-refractivity contribution in [2.75, 3.05) is 54.0 Å². The number of hydrogen-bond donors (Lipinski definition) is 0. The van der Waals surface area contributed by atoms with Crippen molar-refractivity contribution in [1.82, 2.24) is 0 Å². The molecule has 0 aromatic heterocycles. The van der Waals surface area contributed by atoms with Crippen LogP contribution in [0.2, 0.25) is 0 Å². The molecule has 0 radical (unpaired) electrons. The lowest BCUT2D eigenvalue weighted by molar-refractivity contribution is 0.0251. The highest BCUT2D eigenvalue weighted by molar-refractivity contribution is 5.97. The standard InChI is InChI=1S/C32H41N3O2/c1-7-33(8-2)26-17-13-24(14-18-26)32(25-15-19-27(20-16-25)34(9-3)10-4)30-22-21-28(35(11-5)12-6)23-29(30)31(36)37-32/h13-23H,7-12H2,1-6H3. The largest absolute Gasteiger partial charge is 0.441 e. The molecule has 5 nitrogen and oxygen atoms in total. The van der Waals surface area contributed by atoms with E-state index in [1.807, 2.05) is 6.07 Å². The second kappa shape index (κ2) is 11.3. The molecule has 0 N–H and O–H groups in total. The Morgan fingerprint density at radius 2 is 0.946 bits per heavy atom. The van der Waals surface area contributed by atoms with Crippen molar-refractivity contribution in [2.24, 2.45) is 0 Å². The monoisotopic (exact) mass is 499 g/mol. The number of carbonyl (C=O) groups excluding carboxylic acids is 1. The molecular weight excluding hydrogens is 458 g/mol. The van der Waals surface area contributed by atoms with Crippen molar-refractivity contribution in [2.45, 2.75) is 47.1 Å². The molecule has 0 fully saturated rings. The first-order valence-electron chi connectivity index (χ1n) is 13.8. The molecule has 0 spiro atoms. The van der Waals surface area contributed by atoms with Gasteiger partial charge in [-0.05, 0) is 77.9 Å². The van der Waals surface area contributed by atoms with Gasteiger partial charge in [-0.2, -0.15) is 0 Å². The fourth-order valence-electron chi connectivity index (χ4n) is 5.63. The number of benzene rings is 3. The van der Waals surface area contributed by atoms with E-state index in [-0.39, 0.29) is 5.97 Å². The lowest BCUT2D eigenvalue weighted by Gasteiger charge is -2.32. The maximum Gasteiger partial charge on any atom is 0.340 e. The summed E-state index contributed by atoms with van der Waals surface area (Å²) >= 11 is 0. The topological polar surface area (TPSA) is 36.0 Å². The minimum Gasteiger partial charge on any atom is -0.441 e. The van der Waals surface area contributed by atoms with E-state index in [4.69, 9.17) is 4.74 Å². The highest BCUT2D eigenvalue weighted by atomic mass is 16.6. The van der Waals surface area contributed by atoms with Crippen molar-refractivity contribution in [3.8, 4) is 0 Å². The van der Waals surface area contributed by atoms with Gasteiger partial charge in [-0.25, -0.2) is 4.79 Å². The first-order chi connectivity index (χ1) is 18.0. The highest BCUT2D eigenvalue weighted by Crippen LogP contribution is 2.48. The number of hydrogen-bond acceptors (Lipinski definition) is 5. The summed E-state index contributed by atoms with van der Waals surface area (Å²) in [6, 6.07) is 23.3. The molecule has 196 valence electrons. The number of anilines is 3. The number of esters is 1. The molecule has 4 rings (SSSR count). The molecule has 0 aliphatic carbocycles. The molecular formula is C32H41N3O2. The zero-order valence-electron chi connectivity index (χ0n) is 23.3. The molecule has 3 aromatic carbocycles. The van der Waals surface area contributed by atoms with E-state index in [2.05, 4.69) is 117 Å². The Kier molecular flexibility index (Phi) is 8.11. The molecule has 1 aliphatic heterocycles.